The zero-order valence-corrected chi connectivity index (χ0v) is 12.9. The standard InChI is InChI=1S/C18H20O5/c19-18(20)16-9-7-14-12-13(6-8-15(14)23-16)4-3-11-22-17-5-1-2-10-21-17/h6,8,12,16-17H,1-2,5,7,9-11H2,(H,19,20). The van der Waals surface area contributed by atoms with Gasteiger partial charge >= 0.3 is 5.97 Å². The summed E-state index contributed by atoms with van der Waals surface area (Å²) in [5, 5.41) is 9.00. The zero-order valence-electron chi connectivity index (χ0n) is 12.9. The largest absolute Gasteiger partial charge is 0.479 e. The minimum Gasteiger partial charge on any atom is -0.479 e. The van der Waals surface area contributed by atoms with E-state index in [4.69, 9.17) is 19.3 Å². The van der Waals surface area contributed by atoms with Crippen LogP contribution in [0.25, 0.3) is 0 Å². The number of carboxylic acid groups (broad SMARTS) is 1. The summed E-state index contributed by atoms with van der Waals surface area (Å²) >= 11 is 0. The molecule has 2 unspecified atom stereocenters. The molecule has 122 valence electrons. The van der Waals surface area contributed by atoms with Crippen LogP contribution < -0.4 is 4.74 Å². The monoisotopic (exact) mass is 316 g/mol. The van der Waals surface area contributed by atoms with Gasteiger partial charge in [0.05, 0.1) is 0 Å². The predicted octanol–water partition coefficient (Wildman–Crippen LogP) is 2.36. The van der Waals surface area contributed by atoms with Gasteiger partial charge in [-0.1, -0.05) is 11.8 Å². The molecular formula is C18H20O5. The molecule has 2 aliphatic rings. The summed E-state index contributed by atoms with van der Waals surface area (Å²) in [6.45, 7) is 1.11. The fraction of sp³-hybridized carbons (Fsp3) is 0.500. The second kappa shape index (κ2) is 7.49. The van der Waals surface area contributed by atoms with Crippen LogP contribution in [-0.2, 0) is 20.7 Å². The third-order valence-corrected chi connectivity index (χ3v) is 3.99. The molecule has 0 bridgehead atoms. The minimum atomic E-state index is -0.915. The van der Waals surface area contributed by atoms with Gasteiger partial charge < -0.3 is 19.3 Å². The molecule has 0 amide bonds. The van der Waals surface area contributed by atoms with Crippen molar-refractivity contribution in [2.75, 3.05) is 13.2 Å². The SMILES string of the molecule is O=C(O)C1CCc2cc(C#CCOC3CCCCO3)ccc2O1. The van der Waals surface area contributed by atoms with E-state index < -0.39 is 12.1 Å². The van der Waals surface area contributed by atoms with Gasteiger partial charge in [0.1, 0.15) is 12.4 Å². The van der Waals surface area contributed by atoms with Crippen LogP contribution in [-0.4, -0.2) is 36.7 Å². The average Bonchev–Trinajstić information content (AvgIpc) is 2.59. The Hall–Kier alpha value is -2.03. The molecular weight excluding hydrogens is 296 g/mol. The van der Waals surface area contributed by atoms with Crippen LogP contribution in [0.3, 0.4) is 0 Å². The maximum Gasteiger partial charge on any atom is 0.344 e. The van der Waals surface area contributed by atoms with Gasteiger partial charge in [-0.25, -0.2) is 4.79 Å². The Bertz CT molecular complexity index is 622. The second-order valence-corrected chi connectivity index (χ2v) is 5.71. The maximum atomic E-state index is 11.0. The molecule has 1 fully saturated rings. The highest BCUT2D eigenvalue weighted by Gasteiger charge is 2.25. The average molecular weight is 316 g/mol. The van der Waals surface area contributed by atoms with E-state index >= 15 is 0 Å². The lowest BCUT2D eigenvalue weighted by atomic mass is 10.00. The molecule has 5 nitrogen and oxygen atoms in total. The van der Waals surface area contributed by atoms with Crippen LogP contribution in [0.5, 0.6) is 5.75 Å². The van der Waals surface area contributed by atoms with Crippen molar-refractivity contribution in [1.29, 1.82) is 0 Å². The van der Waals surface area contributed by atoms with Crippen molar-refractivity contribution in [2.45, 2.75) is 44.5 Å². The van der Waals surface area contributed by atoms with Crippen LogP contribution in [0, 0.1) is 11.8 Å². The summed E-state index contributed by atoms with van der Waals surface area (Å²) in [6, 6.07) is 5.59. The number of carboxylic acids is 1. The van der Waals surface area contributed by atoms with Gasteiger partial charge in [-0.3, -0.25) is 0 Å². The molecule has 0 aliphatic carbocycles. The van der Waals surface area contributed by atoms with Crippen molar-refractivity contribution < 1.29 is 24.1 Å². The van der Waals surface area contributed by atoms with Crippen LogP contribution in [0.1, 0.15) is 36.8 Å². The van der Waals surface area contributed by atoms with E-state index in [0.29, 0.717) is 25.2 Å². The molecule has 3 rings (SSSR count). The highest BCUT2D eigenvalue weighted by molar-refractivity contribution is 5.73. The summed E-state index contributed by atoms with van der Waals surface area (Å²) in [5.74, 6) is 5.79. The summed E-state index contributed by atoms with van der Waals surface area (Å²) in [5.41, 5.74) is 1.89. The summed E-state index contributed by atoms with van der Waals surface area (Å²) < 4.78 is 16.5. The fourth-order valence-electron chi connectivity index (χ4n) is 2.76. The van der Waals surface area contributed by atoms with Gasteiger partial charge in [-0.15, -0.1) is 0 Å². The molecule has 0 radical (unpaired) electrons. The van der Waals surface area contributed by atoms with Crippen LogP contribution in [0.4, 0.5) is 0 Å². The number of hydrogen-bond acceptors (Lipinski definition) is 4. The van der Waals surface area contributed by atoms with E-state index in [2.05, 4.69) is 11.8 Å². The summed E-state index contributed by atoms with van der Waals surface area (Å²) in [7, 11) is 0. The third kappa shape index (κ3) is 4.25. The van der Waals surface area contributed by atoms with Crippen LogP contribution in [0.15, 0.2) is 18.2 Å². The molecule has 2 aliphatic heterocycles. The van der Waals surface area contributed by atoms with Crippen LogP contribution in [0.2, 0.25) is 0 Å². The number of aliphatic carboxylic acids is 1. The number of hydrogen-bond donors (Lipinski definition) is 1. The van der Waals surface area contributed by atoms with Gasteiger partial charge in [-0.05, 0) is 55.9 Å². The lowest BCUT2D eigenvalue weighted by molar-refractivity contribution is -0.154. The predicted molar refractivity (Wildman–Crippen MR) is 83.2 cm³/mol. The normalized spacial score (nSPS) is 23.1. The second-order valence-electron chi connectivity index (χ2n) is 5.71. The van der Waals surface area contributed by atoms with E-state index in [9.17, 15) is 4.79 Å². The molecule has 2 heterocycles. The molecule has 0 aromatic heterocycles. The number of benzene rings is 1. The Kier molecular flexibility index (Phi) is 5.16. The smallest absolute Gasteiger partial charge is 0.344 e. The van der Waals surface area contributed by atoms with Crippen molar-refractivity contribution in [2.24, 2.45) is 0 Å². The summed E-state index contributed by atoms with van der Waals surface area (Å²) in [4.78, 5) is 11.0. The highest BCUT2D eigenvalue weighted by Crippen LogP contribution is 2.28. The van der Waals surface area contributed by atoms with Gasteiger partial charge in [0.2, 0.25) is 0 Å². The van der Waals surface area contributed by atoms with Crippen molar-refractivity contribution in [3.05, 3.63) is 29.3 Å². The minimum absolute atomic E-state index is 0.122. The molecule has 2 atom stereocenters. The first-order valence-electron chi connectivity index (χ1n) is 7.97. The third-order valence-electron chi connectivity index (χ3n) is 3.99. The Morgan fingerprint density at radius 3 is 3.04 bits per heavy atom. The van der Waals surface area contributed by atoms with Crippen LogP contribution >= 0.6 is 0 Å². The van der Waals surface area contributed by atoms with E-state index in [0.717, 1.165) is 37.0 Å². The first-order valence-corrected chi connectivity index (χ1v) is 7.97. The zero-order chi connectivity index (χ0) is 16.1. The van der Waals surface area contributed by atoms with E-state index in [-0.39, 0.29) is 6.29 Å². The lowest BCUT2D eigenvalue weighted by Crippen LogP contribution is -2.30. The highest BCUT2D eigenvalue weighted by atomic mass is 16.7. The Labute approximate surface area is 135 Å². The molecule has 0 saturated carbocycles. The maximum absolute atomic E-state index is 11.0. The topological polar surface area (TPSA) is 65.0 Å². The number of rotatable bonds is 3. The van der Waals surface area contributed by atoms with Crippen molar-refractivity contribution in [3.8, 4) is 17.6 Å². The Morgan fingerprint density at radius 1 is 1.35 bits per heavy atom. The Balaban J connectivity index is 1.55. The number of carbonyl (C=O) groups is 1. The van der Waals surface area contributed by atoms with Crippen molar-refractivity contribution >= 4 is 5.97 Å². The molecule has 5 heteroatoms. The molecule has 1 N–H and O–H groups in total. The summed E-state index contributed by atoms with van der Waals surface area (Å²) in [6.07, 6.45) is 3.48. The number of aryl methyl sites for hydroxylation is 1. The van der Waals surface area contributed by atoms with E-state index in [1.54, 1.807) is 6.07 Å². The molecule has 1 aromatic rings. The quantitative estimate of drug-likeness (QED) is 0.867. The van der Waals surface area contributed by atoms with Crippen molar-refractivity contribution in [3.63, 3.8) is 0 Å². The number of ether oxygens (including phenoxy) is 3. The van der Waals surface area contributed by atoms with Gasteiger partial charge in [0, 0.05) is 12.2 Å². The number of fused-ring (bicyclic) bond motifs is 1. The van der Waals surface area contributed by atoms with Gasteiger partial charge in [-0.2, -0.15) is 0 Å². The fourth-order valence-corrected chi connectivity index (χ4v) is 2.76. The Morgan fingerprint density at radius 2 is 2.26 bits per heavy atom. The first-order chi connectivity index (χ1) is 11.2. The lowest BCUT2D eigenvalue weighted by Gasteiger charge is -2.23. The van der Waals surface area contributed by atoms with E-state index in [1.165, 1.54) is 0 Å². The molecule has 0 spiro atoms. The molecule has 1 aromatic carbocycles. The van der Waals surface area contributed by atoms with Gasteiger partial charge in [0.15, 0.2) is 12.4 Å². The molecule has 1 saturated heterocycles. The van der Waals surface area contributed by atoms with Crippen molar-refractivity contribution in [1.82, 2.24) is 0 Å². The van der Waals surface area contributed by atoms with E-state index in [1.807, 2.05) is 12.1 Å². The first kappa shape index (κ1) is 15.9. The van der Waals surface area contributed by atoms with Gasteiger partial charge in [0.25, 0.3) is 0 Å². The molecule has 23 heavy (non-hydrogen) atoms.